The minimum atomic E-state index is -0.825. The number of anilines is 6. The number of aryl methyl sites for hydroxylation is 3. The van der Waals surface area contributed by atoms with E-state index < -0.39 is 35.7 Å². The van der Waals surface area contributed by atoms with Gasteiger partial charge in [-0.25, -0.2) is 0 Å². The van der Waals surface area contributed by atoms with Crippen LogP contribution in [0, 0.1) is 25.7 Å². The molecular formula is C113H115N11O20. The zero-order chi connectivity index (χ0) is 101. The summed E-state index contributed by atoms with van der Waals surface area (Å²) < 4.78 is 46.6. The topological polar surface area (TPSA) is 377 Å². The molecule has 8 aliphatic heterocycles. The molecule has 144 heavy (non-hydrogen) atoms. The number of ketones is 2. The van der Waals surface area contributed by atoms with Gasteiger partial charge in [0, 0.05) is 152 Å². The van der Waals surface area contributed by atoms with Crippen molar-refractivity contribution in [3.05, 3.63) is 265 Å². The first-order valence-electron chi connectivity index (χ1n) is 48.7. The molecule has 10 aromatic rings. The Kier molecular flexibility index (Phi) is 30.5. The van der Waals surface area contributed by atoms with Crippen molar-refractivity contribution in [2.24, 2.45) is 26.8 Å². The van der Waals surface area contributed by atoms with E-state index in [0.717, 1.165) is 75.4 Å². The molecule has 0 bridgehead atoms. The molecule has 8 aliphatic rings. The average molecular weight is 1950 g/mol. The molecule has 8 atom stereocenters. The van der Waals surface area contributed by atoms with Gasteiger partial charge < -0.3 is 64.1 Å². The lowest BCUT2D eigenvalue weighted by Crippen LogP contribution is -2.39. The lowest BCUT2D eigenvalue weighted by atomic mass is 9.98. The molecule has 0 radical (unpaired) electrons. The number of aliphatic imine (C=N–C) groups is 3. The molecule has 0 saturated heterocycles. The van der Waals surface area contributed by atoms with Crippen molar-refractivity contribution < 1.29 is 95.4 Å². The predicted octanol–water partition coefficient (Wildman–Crippen LogP) is 17.2. The van der Waals surface area contributed by atoms with Gasteiger partial charge in [0.1, 0.15) is 37.9 Å². The Labute approximate surface area is 834 Å². The summed E-state index contributed by atoms with van der Waals surface area (Å²) in [6, 6.07) is 54.6. The Balaban J connectivity index is 0.000000198. The Bertz CT molecular complexity index is 6860. The van der Waals surface area contributed by atoms with Gasteiger partial charge in [-0.15, -0.1) is 0 Å². The van der Waals surface area contributed by atoms with E-state index in [1.165, 1.54) is 34.0 Å². The normalized spacial score (nSPS) is 16.8. The fourth-order valence-corrected chi connectivity index (χ4v) is 19.7. The molecule has 8 amide bonds. The van der Waals surface area contributed by atoms with Crippen molar-refractivity contribution in [3.8, 4) is 34.5 Å². The summed E-state index contributed by atoms with van der Waals surface area (Å²) in [6.45, 7) is 10.5. The number of nitrogens with one attached hydrogen (secondary N) is 4. The summed E-state index contributed by atoms with van der Waals surface area (Å²) in [5, 5.41) is 11.4. The van der Waals surface area contributed by atoms with E-state index >= 15 is 0 Å². The van der Waals surface area contributed by atoms with Gasteiger partial charge in [0.05, 0.1) is 92.4 Å². The molecule has 0 unspecified atom stereocenters. The maximum atomic E-state index is 14.1. The number of hydrogen-bond donors (Lipinski definition) is 4. The molecule has 10 aromatic carbocycles. The SMILES string of the molecule is COC(=O)CCCCC(=O)N[C@@H](C)C(=O)C[C@H](C)C(=O)Nc1cc(COc2cc3c(cc2C)C(=O)N2c4ccccc4C[C@H]2C=N3)cc(COc2cc3c(cc2OC)C(=O)N2c4ccccc4C[C@H]2C=N3)c1.COC(=O)CCCCC(=O)N[C@@H](C)C(=O)C[C@H](C)C(=O)Nc1cc(COc2cc3c(cc2C)C(=O)N2c4ccccc4C[C@H]2CC3)cc(COc2cc3c(cc2OC)C(=O)N2c4ccccc4C[C@H]2C=N3)c1. The number of unbranched alkanes of at least 4 members (excludes halogenated alkanes) is 2. The fraction of sp³-hybridized carbons (Fsp3) is 0.336. The molecule has 31 heteroatoms. The van der Waals surface area contributed by atoms with Gasteiger partial charge in [0.15, 0.2) is 34.6 Å². The van der Waals surface area contributed by atoms with E-state index in [1.54, 1.807) is 115 Å². The average Bonchev–Trinajstić information content (AvgIpc) is 1.67. The van der Waals surface area contributed by atoms with Crippen molar-refractivity contribution in [3.63, 3.8) is 0 Å². The zero-order valence-corrected chi connectivity index (χ0v) is 82.1. The van der Waals surface area contributed by atoms with Crippen LogP contribution in [0.5, 0.6) is 34.5 Å². The Morgan fingerprint density at radius 3 is 1.09 bits per heavy atom. The third-order valence-corrected chi connectivity index (χ3v) is 27.4. The van der Waals surface area contributed by atoms with Crippen LogP contribution in [0.1, 0.15) is 201 Å². The second-order valence-corrected chi connectivity index (χ2v) is 37.7. The number of benzene rings is 10. The highest BCUT2D eigenvalue weighted by molar-refractivity contribution is 6.18. The standard InChI is InChI=1S/C57H59N5O10.C56H56N6O10/c1-33-20-44-38(18-19-42-25-39-12-6-8-14-47(39)61(42)56(44)67)27-50(33)71-31-36-22-37(24-41(23-36)60-55(66)34(2)21-49(63)35(3)59-53(64)16-10-11-17-54(65)70-5)32-72-52-29-46-45(28-51(52)69-4)57(68)62-43(30-58-46)26-40-13-7-9-15-48(40)62;1-32-18-42-44(57-28-40-23-37-12-6-8-14-46(37)61(40)55(42)67)26-49(32)71-30-35-20-36(22-39(21-35)60-54(66)33(2)19-48(63)34(3)59-52(64)16-10-11-17-53(65)70-5)31-72-51-27-45-43(25-50(51)69-4)56(68)62-41(29-58-45)24-38-13-7-9-15-47(38)62/h6-9,12-15,20,22-24,27-30,34-35,42-43H,10-11,16-19,21,25-26,31-32H2,1-5H3,(H,59,64)(H,60,66);6-9,12-15,18,20-22,25-29,33-34,40-41H,10-11,16-17,19,23-24,30-31H2,1-5H3,(H,59,64)(H,60,66)/t34-,35-,42+,43-;33-,34-,40-,41-/m00/s1. The molecule has 31 nitrogen and oxygen atoms in total. The number of carbonyl (C=O) groups excluding carboxylic acids is 12. The van der Waals surface area contributed by atoms with E-state index in [2.05, 4.69) is 36.8 Å². The van der Waals surface area contributed by atoms with Crippen molar-refractivity contribution in [1.29, 1.82) is 0 Å². The van der Waals surface area contributed by atoms with Gasteiger partial charge in [-0.3, -0.25) is 87.2 Å². The summed E-state index contributed by atoms with van der Waals surface area (Å²) in [5.74, 6) is -2.21. The molecule has 8 heterocycles. The highest BCUT2D eigenvalue weighted by atomic mass is 16.5. The van der Waals surface area contributed by atoms with Gasteiger partial charge in [0.25, 0.3) is 23.6 Å². The van der Waals surface area contributed by atoms with Crippen LogP contribution in [-0.4, -0.2) is 154 Å². The highest BCUT2D eigenvalue weighted by Gasteiger charge is 2.43. The van der Waals surface area contributed by atoms with E-state index in [9.17, 15) is 57.5 Å². The summed E-state index contributed by atoms with van der Waals surface area (Å²) in [6.07, 6.45) is 12.1. The third kappa shape index (κ3) is 22.2. The Morgan fingerprint density at radius 1 is 0.368 bits per heavy atom. The van der Waals surface area contributed by atoms with Crippen molar-refractivity contribution in [1.82, 2.24) is 10.6 Å². The predicted molar refractivity (Wildman–Crippen MR) is 545 cm³/mol. The summed E-state index contributed by atoms with van der Waals surface area (Å²) in [7, 11) is 5.64. The van der Waals surface area contributed by atoms with Gasteiger partial charge in [0.2, 0.25) is 23.6 Å². The second kappa shape index (κ2) is 44.1. The number of Topliss-reactive ketones (excluding diaryl/α,β-unsaturated/α-hetero) is 2. The van der Waals surface area contributed by atoms with E-state index in [0.29, 0.717) is 152 Å². The smallest absolute Gasteiger partial charge is 0.305 e. The molecule has 0 fully saturated rings. The number of hydrogen-bond acceptors (Lipinski definition) is 23. The van der Waals surface area contributed by atoms with Crippen LogP contribution in [0.15, 0.2) is 197 Å². The first-order valence-corrected chi connectivity index (χ1v) is 48.7. The number of methoxy groups -OCH3 is 4. The van der Waals surface area contributed by atoms with Gasteiger partial charge in [-0.2, -0.15) is 0 Å². The molecule has 18 rings (SSSR count). The molecule has 0 saturated carbocycles. The molecule has 742 valence electrons. The number of rotatable bonds is 36. The third-order valence-electron chi connectivity index (χ3n) is 27.4. The number of para-hydroxylation sites is 4. The summed E-state index contributed by atoms with van der Waals surface area (Å²) >= 11 is 0. The van der Waals surface area contributed by atoms with E-state index in [4.69, 9.17) is 43.4 Å². The van der Waals surface area contributed by atoms with Crippen LogP contribution in [0.25, 0.3) is 0 Å². The molecule has 4 N–H and O–H groups in total. The van der Waals surface area contributed by atoms with Crippen LogP contribution < -0.4 is 69.3 Å². The Morgan fingerprint density at radius 2 is 0.701 bits per heavy atom. The zero-order valence-electron chi connectivity index (χ0n) is 82.1. The molecule has 0 aromatic heterocycles. The highest BCUT2D eigenvalue weighted by Crippen LogP contribution is 2.47. The van der Waals surface area contributed by atoms with Crippen LogP contribution in [0.4, 0.5) is 51.2 Å². The lowest BCUT2D eigenvalue weighted by Gasteiger charge is -2.23. The van der Waals surface area contributed by atoms with Gasteiger partial charge >= 0.3 is 11.9 Å². The van der Waals surface area contributed by atoms with Crippen molar-refractivity contribution in [2.45, 2.75) is 207 Å². The number of nitrogens with zero attached hydrogens (tertiary/aromatic N) is 7. The largest absolute Gasteiger partial charge is 0.493 e. The first-order chi connectivity index (χ1) is 69.5. The number of esters is 2. The van der Waals surface area contributed by atoms with Crippen molar-refractivity contribution in [2.75, 3.05) is 58.7 Å². The van der Waals surface area contributed by atoms with E-state index in [1.807, 2.05) is 140 Å². The van der Waals surface area contributed by atoms with Gasteiger partial charge in [-0.1, -0.05) is 86.6 Å². The number of fused-ring (bicyclic) bond motifs is 16. The maximum absolute atomic E-state index is 14.1. The maximum Gasteiger partial charge on any atom is 0.305 e. The van der Waals surface area contributed by atoms with Gasteiger partial charge in [-0.05, 0) is 225 Å². The summed E-state index contributed by atoms with van der Waals surface area (Å²) in [4.78, 5) is 180. The minimum absolute atomic E-state index is 0.00461. The Hall–Kier alpha value is -16.0. The number of carbonyl (C=O) groups is 12. The van der Waals surface area contributed by atoms with Crippen molar-refractivity contribution >= 4 is 141 Å². The number of ether oxygens (including phenoxy) is 8. The monoisotopic (exact) mass is 1950 g/mol. The quantitative estimate of drug-likeness (QED) is 0.0209. The summed E-state index contributed by atoms with van der Waals surface area (Å²) in [5.41, 5.74) is 17.4. The first kappa shape index (κ1) is 99.6. The minimum Gasteiger partial charge on any atom is -0.493 e. The van der Waals surface area contributed by atoms with Crippen LogP contribution in [-0.2, 0) is 106 Å². The molecular weight excluding hydrogens is 1830 g/mol. The van der Waals surface area contributed by atoms with Crippen LogP contribution in [0.3, 0.4) is 0 Å². The van der Waals surface area contributed by atoms with Crippen LogP contribution >= 0.6 is 0 Å². The van der Waals surface area contributed by atoms with Crippen LogP contribution in [0.2, 0.25) is 0 Å². The molecule has 0 aliphatic carbocycles. The molecule has 0 spiro atoms. The lowest BCUT2D eigenvalue weighted by molar-refractivity contribution is -0.141. The number of amides is 8. The second-order valence-electron chi connectivity index (χ2n) is 37.7. The van der Waals surface area contributed by atoms with E-state index in [-0.39, 0.29) is 148 Å². The fourth-order valence-electron chi connectivity index (χ4n) is 19.7.